The third-order valence-corrected chi connectivity index (χ3v) is 5.91. The second-order valence-electron chi connectivity index (χ2n) is 4.71. The van der Waals surface area contributed by atoms with Crippen LogP contribution in [-0.4, -0.2) is 25.5 Å². The largest absolute Gasteiger partial charge is 0.478 e. The van der Waals surface area contributed by atoms with E-state index >= 15 is 0 Å². The lowest BCUT2D eigenvalue weighted by atomic mass is 10.1. The van der Waals surface area contributed by atoms with Gasteiger partial charge < -0.3 is 5.11 Å². The number of carboxylic acids is 1. The van der Waals surface area contributed by atoms with Crippen LogP contribution in [0.15, 0.2) is 15.7 Å². The van der Waals surface area contributed by atoms with Gasteiger partial charge in [-0.3, -0.25) is 0 Å². The molecule has 2 N–H and O–H groups in total. The van der Waals surface area contributed by atoms with Gasteiger partial charge in [0.25, 0.3) is 0 Å². The highest BCUT2D eigenvalue weighted by atomic mass is 32.2. The minimum atomic E-state index is -3.62. The number of nitrogens with one attached hydrogen (secondary N) is 1. The summed E-state index contributed by atoms with van der Waals surface area (Å²) in [6.45, 7) is 4.08. The number of hydrogen-bond acceptors (Lipinski definition) is 4. The molecule has 5 nitrogen and oxygen atoms in total. The molecule has 0 amide bonds. The average Bonchev–Trinajstić information content (AvgIpc) is 2.86. The Morgan fingerprint density at radius 3 is 2.55 bits per heavy atom. The van der Waals surface area contributed by atoms with Crippen LogP contribution in [0.5, 0.6) is 0 Å². The fraction of sp³-hybridized carbons (Fsp3) is 0.615. The number of carbonyl (C=O) groups is 1. The van der Waals surface area contributed by atoms with Crippen molar-refractivity contribution < 1.29 is 18.3 Å². The molecule has 1 rings (SSSR count). The molecule has 0 saturated carbocycles. The Kier molecular flexibility index (Phi) is 6.64. The Morgan fingerprint density at radius 1 is 1.35 bits per heavy atom. The molecule has 0 saturated heterocycles. The standard InChI is InChI=1S/C13H21NO4S2/c1-3-5-7-11(6-4-2)14-20(17,18)12-8-10(9-19-12)13(15)16/h8-9,11,14H,3-7H2,1-2H3,(H,15,16). The minimum Gasteiger partial charge on any atom is -0.478 e. The maximum Gasteiger partial charge on any atom is 0.336 e. The van der Waals surface area contributed by atoms with Crippen molar-refractivity contribution in [3.8, 4) is 0 Å². The van der Waals surface area contributed by atoms with Crippen molar-refractivity contribution in [2.75, 3.05) is 0 Å². The number of aromatic carboxylic acids is 1. The normalized spacial score (nSPS) is 13.3. The topological polar surface area (TPSA) is 83.5 Å². The summed E-state index contributed by atoms with van der Waals surface area (Å²) in [5.41, 5.74) is 0.0102. The van der Waals surface area contributed by atoms with Gasteiger partial charge in [0, 0.05) is 11.4 Å². The molecule has 1 aromatic heterocycles. The van der Waals surface area contributed by atoms with Crippen molar-refractivity contribution in [1.82, 2.24) is 4.72 Å². The lowest BCUT2D eigenvalue weighted by molar-refractivity contribution is 0.0697. The van der Waals surface area contributed by atoms with Gasteiger partial charge in [0.05, 0.1) is 5.56 Å². The summed E-state index contributed by atoms with van der Waals surface area (Å²) in [6.07, 6.45) is 4.49. The number of sulfonamides is 1. The van der Waals surface area contributed by atoms with Gasteiger partial charge in [-0.25, -0.2) is 17.9 Å². The van der Waals surface area contributed by atoms with E-state index in [1.807, 2.05) is 6.92 Å². The van der Waals surface area contributed by atoms with Crippen molar-refractivity contribution in [2.24, 2.45) is 0 Å². The Hall–Kier alpha value is -0.920. The third kappa shape index (κ3) is 4.88. The molecule has 1 unspecified atom stereocenters. The first-order valence-electron chi connectivity index (χ1n) is 6.74. The zero-order valence-corrected chi connectivity index (χ0v) is 13.4. The maximum atomic E-state index is 12.2. The SMILES string of the molecule is CCCCC(CCC)NS(=O)(=O)c1cc(C(=O)O)cs1. The van der Waals surface area contributed by atoms with E-state index in [1.54, 1.807) is 0 Å². The van der Waals surface area contributed by atoms with Gasteiger partial charge in [-0.05, 0) is 18.9 Å². The molecule has 1 atom stereocenters. The molecule has 0 aliphatic carbocycles. The number of carboxylic acid groups (broad SMARTS) is 1. The van der Waals surface area contributed by atoms with Crippen LogP contribution in [0.3, 0.4) is 0 Å². The third-order valence-electron chi connectivity index (χ3n) is 2.95. The molecule has 0 aromatic carbocycles. The summed E-state index contributed by atoms with van der Waals surface area (Å²) in [6, 6.07) is 1.12. The minimum absolute atomic E-state index is 0.0102. The van der Waals surface area contributed by atoms with Crippen LogP contribution in [0, 0.1) is 0 Å². The van der Waals surface area contributed by atoms with Gasteiger partial charge in [0.2, 0.25) is 10.0 Å². The molecule has 0 spiro atoms. The number of rotatable bonds is 9. The summed E-state index contributed by atoms with van der Waals surface area (Å²) in [4.78, 5) is 10.8. The Labute approximate surface area is 124 Å². The van der Waals surface area contributed by atoms with Crippen LogP contribution in [0.2, 0.25) is 0 Å². The molecular weight excluding hydrogens is 298 g/mol. The first-order valence-corrected chi connectivity index (χ1v) is 9.11. The Morgan fingerprint density at radius 2 is 2.05 bits per heavy atom. The molecule has 7 heteroatoms. The molecular formula is C13H21NO4S2. The molecule has 0 bridgehead atoms. The van der Waals surface area contributed by atoms with E-state index in [0.29, 0.717) is 0 Å². The lowest BCUT2D eigenvalue weighted by Gasteiger charge is -2.17. The van der Waals surface area contributed by atoms with E-state index in [1.165, 1.54) is 11.4 Å². The lowest BCUT2D eigenvalue weighted by Crippen LogP contribution is -2.34. The monoisotopic (exact) mass is 319 g/mol. The van der Waals surface area contributed by atoms with Crippen LogP contribution in [0.25, 0.3) is 0 Å². The predicted molar refractivity (Wildman–Crippen MR) is 79.8 cm³/mol. The summed E-state index contributed by atoms with van der Waals surface area (Å²) in [7, 11) is -3.62. The van der Waals surface area contributed by atoms with Crippen molar-refractivity contribution in [1.29, 1.82) is 0 Å². The first-order chi connectivity index (χ1) is 9.40. The molecule has 0 radical (unpaired) electrons. The second kappa shape index (κ2) is 7.75. The molecule has 1 heterocycles. The second-order valence-corrected chi connectivity index (χ2v) is 7.56. The van der Waals surface area contributed by atoms with Gasteiger partial charge in [-0.15, -0.1) is 11.3 Å². The van der Waals surface area contributed by atoms with Crippen molar-refractivity contribution in [3.63, 3.8) is 0 Å². The quantitative estimate of drug-likeness (QED) is 0.732. The number of thiophene rings is 1. The van der Waals surface area contributed by atoms with Crippen LogP contribution >= 0.6 is 11.3 Å². The number of unbranched alkanes of at least 4 members (excludes halogenated alkanes) is 1. The van der Waals surface area contributed by atoms with Crippen LogP contribution in [0.1, 0.15) is 56.3 Å². The van der Waals surface area contributed by atoms with Crippen molar-refractivity contribution in [2.45, 2.75) is 56.2 Å². The summed E-state index contributed by atoms with van der Waals surface area (Å²) < 4.78 is 27.2. The van der Waals surface area contributed by atoms with Gasteiger partial charge in [0.1, 0.15) is 4.21 Å². The van der Waals surface area contributed by atoms with E-state index < -0.39 is 16.0 Å². The molecule has 1 aromatic rings. The van der Waals surface area contributed by atoms with Gasteiger partial charge in [-0.1, -0.05) is 33.1 Å². The predicted octanol–water partition coefficient (Wildman–Crippen LogP) is 3.08. The fourth-order valence-electron chi connectivity index (χ4n) is 1.91. The van der Waals surface area contributed by atoms with Crippen LogP contribution in [-0.2, 0) is 10.0 Å². The van der Waals surface area contributed by atoms with E-state index in [-0.39, 0.29) is 15.8 Å². The molecule has 20 heavy (non-hydrogen) atoms. The average molecular weight is 319 g/mol. The van der Waals surface area contributed by atoms with Gasteiger partial charge in [-0.2, -0.15) is 0 Å². The van der Waals surface area contributed by atoms with E-state index in [9.17, 15) is 13.2 Å². The first kappa shape index (κ1) is 17.1. The highest BCUT2D eigenvalue weighted by molar-refractivity contribution is 7.91. The highest BCUT2D eigenvalue weighted by Gasteiger charge is 2.22. The summed E-state index contributed by atoms with van der Waals surface area (Å²) >= 11 is 0.937. The molecule has 0 aliphatic heterocycles. The van der Waals surface area contributed by atoms with Crippen LogP contribution in [0.4, 0.5) is 0 Å². The fourth-order valence-corrected chi connectivity index (χ4v) is 4.38. The van der Waals surface area contributed by atoms with E-state index in [0.717, 1.165) is 43.4 Å². The van der Waals surface area contributed by atoms with Gasteiger partial charge >= 0.3 is 5.97 Å². The summed E-state index contributed by atoms with van der Waals surface area (Å²) in [5.74, 6) is -1.11. The highest BCUT2D eigenvalue weighted by Crippen LogP contribution is 2.21. The summed E-state index contributed by atoms with van der Waals surface area (Å²) in [5, 5.41) is 10.2. The Balaban J connectivity index is 2.82. The zero-order chi connectivity index (χ0) is 15.2. The Bertz CT molecular complexity index is 536. The van der Waals surface area contributed by atoms with Crippen molar-refractivity contribution in [3.05, 3.63) is 17.0 Å². The molecule has 0 fully saturated rings. The maximum absolute atomic E-state index is 12.2. The number of hydrogen-bond donors (Lipinski definition) is 2. The van der Waals surface area contributed by atoms with Crippen molar-refractivity contribution >= 4 is 27.3 Å². The van der Waals surface area contributed by atoms with E-state index in [4.69, 9.17) is 5.11 Å². The smallest absolute Gasteiger partial charge is 0.336 e. The van der Waals surface area contributed by atoms with E-state index in [2.05, 4.69) is 11.6 Å². The molecule has 114 valence electrons. The van der Waals surface area contributed by atoms with Gasteiger partial charge in [0.15, 0.2) is 0 Å². The van der Waals surface area contributed by atoms with Crippen LogP contribution < -0.4 is 4.72 Å². The zero-order valence-electron chi connectivity index (χ0n) is 11.8. The molecule has 0 aliphatic rings.